The van der Waals surface area contributed by atoms with Gasteiger partial charge in [-0.1, -0.05) is 66.7 Å². The lowest BCUT2D eigenvalue weighted by Crippen LogP contribution is -2.21. The third-order valence-corrected chi connectivity index (χ3v) is 5.90. The number of aromatic nitrogens is 3. The molecule has 36 heavy (non-hydrogen) atoms. The first-order valence-corrected chi connectivity index (χ1v) is 11.5. The van der Waals surface area contributed by atoms with E-state index in [0.29, 0.717) is 33.5 Å². The molecular weight excluding hydrogens is 452 g/mol. The molecule has 2 heterocycles. The Morgan fingerprint density at radius 2 is 1.56 bits per heavy atom. The predicted molar refractivity (Wildman–Crippen MR) is 139 cm³/mol. The van der Waals surface area contributed by atoms with Crippen LogP contribution in [-0.2, 0) is 9.53 Å². The Labute approximate surface area is 208 Å². The minimum Gasteiger partial charge on any atom is -0.452 e. The van der Waals surface area contributed by atoms with Gasteiger partial charge >= 0.3 is 5.97 Å². The van der Waals surface area contributed by atoms with Gasteiger partial charge in [-0.15, -0.1) is 0 Å². The van der Waals surface area contributed by atoms with Crippen molar-refractivity contribution in [2.75, 3.05) is 11.9 Å². The summed E-state index contributed by atoms with van der Waals surface area (Å²) < 4.78 is 7.20. The van der Waals surface area contributed by atoms with Gasteiger partial charge in [0.05, 0.1) is 39.5 Å². The number of benzene rings is 3. The highest BCUT2D eigenvalue weighted by Crippen LogP contribution is 2.26. The van der Waals surface area contributed by atoms with Crippen LogP contribution in [0.1, 0.15) is 21.7 Å². The number of nitrogens with zero attached hydrogens (tertiary/aromatic N) is 3. The number of aryl methyl sites for hydroxylation is 1. The van der Waals surface area contributed by atoms with Crippen molar-refractivity contribution >= 4 is 28.5 Å². The van der Waals surface area contributed by atoms with Gasteiger partial charge < -0.3 is 10.1 Å². The topological polar surface area (TPSA) is 86.1 Å². The van der Waals surface area contributed by atoms with Crippen LogP contribution in [0.4, 0.5) is 5.69 Å². The van der Waals surface area contributed by atoms with Gasteiger partial charge in [-0.25, -0.2) is 14.5 Å². The van der Waals surface area contributed by atoms with Crippen LogP contribution < -0.4 is 5.32 Å². The Balaban J connectivity index is 1.34. The Bertz CT molecular complexity index is 1560. The molecule has 3 aromatic carbocycles. The summed E-state index contributed by atoms with van der Waals surface area (Å²) in [4.78, 5) is 30.5. The summed E-state index contributed by atoms with van der Waals surface area (Å²) in [5.74, 6) is -1.03. The first kappa shape index (κ1) is 23.0. The number of fused-ring (bicyclic) bond motifs is 1. The number of rotatable bonds is 6. The van der Waals surface area contributed by atoms with E-state index >= 15 is 0 Å². The number of anilines is 1. The summed E-state index contributed by atoms with van der Waals surface area (Å²) in [5, 5.41) is 8.04. The number of hydrogen-bond acceptors (Lipinski definition) is 5. The van der Waals surface area contributed by atoms with E-state index in [2.05, 4.69) is 15.4 Å². The maximum Gasteiger partial charge on any atom is 0.339 e. The lowest BCUT2D eigenvalue weighted by Gasteiger charge is -2.11. The zero-order valence-electron chi connectivity index (χ0n) is 19.9. The number of pyridine rings is 1. The van der Waals surface area contributed by atoms with Crippen molar-refractivity contribution in [1.29, 1.82) is 0 Å². The van der Waals surface area contributed by atoms with E-state index in [1.54, 1.807) is 10.7 Å². The van der Waals surface area contributed by atoms with E-state index in [9.17, 15) is 9.59 Å². The third kappa shape index (κ3) is 4.59. The maximum atomic E-state index is 13.1. The Hall–Kier alpha value is -4.78. The molecule has 1 N–H and O–H groups in total. The zero-order valence-corrected chi connectivity index (χ0v) is 19.9. The Kier molecular flexibility index (Phi) is 6.28. The first-order valence-electron chi connectivity index (χ1n) is 11.5. The third-order valence-electron chi connectivity index (χ3n) is 5.90. The van der Waals surface area contributed by atoms with Crippen LogP contribution in [0.2, 0.25) is 0 Å². The molecule has 0 saturated carbocycles. The average Bonchev–Trinajstić information content (AvgIpc) is 3.20. The minimum atomic E-state index is -0.589. The van der Waals surface area contributed by atoms with E-state index in [1.807, 2.05) is 98.8 Å². The molecule has 0 aliphatic carbocycles. The number of nitrogens with one attached hydrogen (secondary N) is 1. The van der Waals surface area contributed by atoms with Crippen molar-refractivity contribution in [3.8, 4) is 16.9 Å². The summed E-state index contributed by atoms with van der Waals surface area (Å²) in [5.41, 5.74) is 5.52. The summed E-state index contributed by atoms with van der Waals surface area (Å²) in [6.45, 7) is 3.27. The summed E-state index contributed by atoms with van der Waals surface area (Å²) in [7, 11) is 0. The molecular formula is C29H24N4O3. The number of ether oxygens (including phenoxy) is 1. The number of hydrogen-bond donors (Lipinski definition) is 1. The number of para-hydroxylation sites is 2. The molecule has 0 spiro atoms. The van der Waals surface area contributed by atoms with Crippen molar-refractivity contribution in [1.82, 2.24) is 14.8 Å². The molecule has 0 unspecified atom stereocenters. The summed E-state index contributed by atoms with van der Waals surface area (Å²) in [6.07, 6.45) is 0. The van der Waals surface area contributed by atoms with E-state index in [1.165, 1.54) is 0 Å². The van der Waals surface area contributed by atoms with Gasteiger partial charge in [0.25, 0.3) is 5.91 Å². The van der Waals surface area contributed by atoms with Gasteiger partial charge in [0.15, 0.2) is 6.61 Å². The fraction of sp³-hybridized carbons (Fsp3) is 0.103. The van der Waals surface area contributed by atoms with Gasteiger partial charge in [0, 0.05) is 10.9 Å². The molecule has 0 radical (unpaired) electrons. The lowest BCUT2D eigenvalue weighted by molar-refractivity contribution is -0.119. The molecule has 2 aromatic heterocycles. The molecule has 5 rings (SSSR count). The predicted octanol–water partition coefficient (Wildman–Crippen LogP) is 5.50. The standard InChI is InChI=1S/C29H24N4O3/c1-19-28(20(2)33(32-19)22-13-7-4-8-14-22)31-27(34)18-36-29(35)24-17-26(21-11-5-3-6-12-21)30-25-16-10-9-15-23(24)25/h3-17H,18H2,1-2H3,(H,31,34). The fourth-order valence-corrected chi connectivity index (χ4v) is 4.13. The highest BCUT2D eigenvalue weighted by molar-refractivity contribution is 6.05. The van der Waals surface area contributed by atoms with Gasteiger partial charge in [-0.2, -0.15) is 5.10 Å². The smallest absolute Gasteiger partial charge is 0.339 e. The maximum absolute atomic E-state index is 13.1. The summed E-state index contributed by atoms with van der Waals surface area (Å²) >= 11 is 0. The molecule has 0 bridgehead atoms. The van der Waals surface area contributed by atoms with Crippen molar-refractivity contribution in [2.45, 2.75) is 13.8 Å². The Morgan fingerprint density at radius 3 is 2.31 bits per heavy atom. The molecule has 0 aliphatic heterocycles. The van der Waals surface area contributed by atoms with E-state index in [-0.39, 0.29) is 0 Å². The normalized spacial score (nSPS) is 10.8. The molecule has 7 heteroatoms. The highest BCUT2D eigenvalue weighted by Gasteiger charge is 2.19. The molecule has 0 aliphatic rings. The van der Waals surface area contributed by atoms with Crippen molar-refractivity contribution < 1.29 is 14.3 Å². The van der Waals surface area contributed by atoms with Gasteiger partial charge in [-0.3, -0.25) is 4.79 Å². The second kappa shape index (κ2) is 9.84. The van der Waals surface area contributed by atoms with Crippen molar-refractivity contribution in [3.63, 3.8) is 0 Å². The van der Waals surface area contributed by atoms with Crippen LogP contribution in [-0.4, -0.2) is 33.2 Å². The Morgan fingerprint density at radius 1 is 0.889 bits per heavy atom. The first-order chi connectivity index (χ1) is 17.5. The van der Waals surface area contributed by atoms with Crippen LogP contribution in [0.25, 0.3) is 27.8 Å². The second-order valence-electron chi connectivity index (χ2n) is 8.36. The van der Waals surface area contributed by atoms with Crippen molar-refractivity contribution in [3.05, 3.63) is 108 Å². The van der Waals surface area contributed by atoms with E-state index < -0.39 is 18.5 Å². The molecule has 178 valence electrons. The van der Waals surface area contributed by atoms with Crippen LogP contribution in [0.15, 0.2) is 91.0 Å². The number of carbonyl (C=O) groups is 2. The minimum absolute atomic E-state index is 0.358. The van der Waals surface area contributed by atoms with Gasteiger partial charge in [0.2, 0.25) is 0 Å². The van der Waals surface area contributed by atoms with Gasteiger partial charge in [-0.05, 0) is 38.1 Å². The SMILES string of the molecule is Cc1nn(-c2ccccc2)c(C)c1NC(=O)COC(=O)c1cc(-c2ccccc2)nc2ccccc12. The molecule has 0 atom stereocenters. The quantitative estimate of drug-likeness (QED) is 0.327. The highest BCUT2D eigenvalue weighted by atomic mass is 16.5. The lowest BCUT2D eigenvalue weighted by atomic mass is 10.0. The molecule has 5 aromatic rings. The molecule has 0 saturated heterocycles. The average molecular weight is 477 g/mol. The monoisotopic (exact) mass is 476 g/mol. The largest absolute Gasteiger partial charge is 0.452 e. The van der Waals surface area contributed by atoms with Crippen LogP contribution in [0.3, 0.4) is 0 Å². The van der Waals surface area contributed by atoms with Gasteiger partial charge in [0.1, 0.15) is 0 Å². The van der Waals surface area contributed by atoms with Crippen LogP contribution in [0, 0.1) is 13.8 Å². The molecule has 1 amide bonds. The number of esters is 1. The number of amides is 1. The second-order valence-corrected chi connectivity index (χ2v) is 8.36. The summed E-state index contributed by atoms with van der Waals surface area (Å²) in [6, 6.07) is 28.4. The molecule has 0 fully saturated rings. The van der Waals surface area contributed by atoms with Crippen LogP contribution in [0.5, 0.6) is 0 Å². The van der Waals surface area contributed by atoms with Crippen LogP contribution >= 0.6 is 0 Å². The fourth-order valence-electron chi connectivity index (χ4n) is 4.13. The van der Waals surface area contributed by atoms with E-state index in [0.717, 1.165) is 16.9 Å². The molecule has 7 nitrogen and oxygen atoms in total. The van der Waals surface area contributed by atoms with E-state index in [4.69, 9.17) is 4.74 Å². The number of carbonyl (C=O) groups excluding carboxylic acids is 2. The van der Waals surface area contributed by atoms with Crippen molar-refractivity contribution in [2.24, 2.45) is 0 Å². The zero-order chi connectivity index (χ0) is 25.1.